The van der Waals surface area contributed by atoms with Crippen LogP contribution < -0.4 is 0 Å². The topological polar surface area (TPSA) is 145 Å². The molecule has 0 saturated carbocycles. The van der Waals surface area contributed by atoms with Crippen LogP contribution in [-0.2, 0) is 14.3 Å². The number of benzene rings is 2. The molecule has 0 spiro atoms. The van der Waals surface area contributed by atoms with Crippen molar-refractivity contribution in [3.8, 4) is 5.75 Å². The number of allylic oxidation sites excluding steroid dienone is 1. The Kier molecular flexibility index (Phi) is 8.41. The van der Waals surface area contributed by atoms with Crippen molar-refractivity contribution in [2.24, 2.45) is 17.8 Å². The number of aliphatic hydroxyl groups excluding tert-OH is 3. The molecular formula is C29H31NO8. The minimum atomic E-state index is -1.11. The maximum atomic E-state index is 13.1. The highest BCUT2D eigenvalue weighted by atomic mass is 16.5. The van der Waals surface area contributed by atoms with Crippen molar-refractivity contribution >= 4 is 29.6 Å². The number of imide groups is 3. The molecule has 0 aromatic heterocycles. The van der Waals surface area contributed by atoms with Crippen molar-refractivity contribution in [2.45, 2.75) is 25.4 Å². The fourth-order valence-corrected chi connectivity index (χ4v) is 5.55. The molecule has 0 bridgehead atoms. The van der Waals surface area contributed by atoms with E-state index in [1.807, 2.05) is 36.4 Å². The molecule has 1 aliphatic carbocycles. The van der Waals surface area contributed by atoms with E-state index in [1.54, 1.807) is 24.3 Å². The standard InChI is InChI=1S/C29H31NO8/c1-38-29(37)30-27(35)22-14-20(15-31)25(23(16-32)26(22)28(30)36)24(34)12-9-19(18-5-3-2-4-6-18)13-17-7-10-21(33)11-8-17/h2-8,10-11,13,22-24,26,31-34H,9,12,14-16H2,1H3/b19-13-/t22-,23+,24-,26-/m1/s1. The first kappa shape index (κ1) is 27.3. The Morgan fingerprint density at radius 2 is 1.76 bits per heavy atom. The number of aromatic hydroxyl groups is 1. The van der Waals surface area contributed by atoms with Gasteiger partial charge in [0.05, 0.1) is 38.3 Å². The molecule has 3 amide bonds. The molecule has 2 aliphatic rings. The Balaban J connectivity index is 1.62. The molecule has 1 fully saturated rings. The number of ether oxygens (including phenoxy) is 1. The molecule has 0 unspecified atom stereocenters. The molecule has 4 atom stereocenters. The summed E-state index contributed by atoms with van der Waals surface area (Å²) >= 11 is 0. The molecule has 1 saturated heterocycles. The van der Waals surface area contributed by atoms with Crippen LogP contribution in [0.4, 0.5) is 4.79 Å². The summed E-state index contributed by atoms with van der Waals surface area (Å²) in [5.74, 6) is -4.24. The third-order valence-corrected chi connectivity index (χ3v) is 7.35. The van der Waals surface area contributed by atoms with Crippen LogP contribution in [0.1, 0.15) is 30.4 Å². The van der Waals surface area contributed by atoms with E-state index in [2.05, 4.69) is 4.74 Å². The zero-order chi connectivity index (χ0) is 27.4. The lowest BCUT2D eigenvalue weighted by molar-refractivity contribution is -0.137. The van der Waals surface area contributed by atoms with Crippen molar-refractivity contribution in [1.29, 1.82) is 0 Å². The molecule has 4 rings (SSSR count). The van der Waals surface area contributed by atoms with Crippen LogP contribution in [0.2, 0.25) is 0 Å². The smallest absolute Gasteiger partial charge is 0.423 e. The van der Waals surface area contributed by atoms with Crippen molar-refractivity contribution < 1.29 is 39.5 Å². The lowest BCUT2D eigenvalue weighted by Gasteiger charge is -2.36. The molecule has 0 radical (unpaired) electrons. The Morgan fingerprint density at radius 1 is 1.08 bits per heavy atom. The van der Waals surface area contributed by atoms with Crippen LogP contribution >= 0.6 is 0 Å². The molecule has 1 aliphatic heterocycles. The summed E-state index contributed by atoms with van der Waals surface area (Å²) in [6.45, 7) is -0.999. The number of hydrogen-bond acceptors (Lipinski definition) is 8. The van der Waals surface area contributed by atoms with Crippen LogP contribution in [0.25, 0.3) is 11.6 Å². The first-order valence-electron chi connectivity index (χ1n) is 12.4. The number of aliphatic hydroxyl groups is 3. The second-order valence-corrected chi connectivity index (χ2v) is 9.51. The van der Waals surface area contributed by atoms with Gasteiger partial charge in [-0.25, -0.2) is 4.79 Å². The van der Waals surface area contributed by atoms with Crippen molar-refractivity contribution in [2.75, 3.05) is 20.3 Å². The van der Waals surface area contributed by atoms with Crippen molar-refractivity contribution in [1.82, 2.24) is 4.90 Å². The number of phenolic OH excluding ortho intramolecular Hbond substituents is 1. The first-order chi connectivity index (χ1) is 18.3. The van der Waals surface area contributed by atoms with Gasteiger partial charge in [0.1, 0.15) is 5.75 Å². The number of likely N-dealkylation sites (tertiary alicyclic amines) is 1. The Hall–Kier alpha value is -3.79. The van der Waals surface area contributed by atoms with Gasteiger partial charge in [-0.05, 0) is 59.2 Å². The second-order valence-electron chi connectivity index (χ2n) is 9.51. The van der Waals surface area contributed by atoms with Gasteiger partial charge in [0, 0.05) is 5.92 Å². The zero-order valence-corrected chi connectivity index (χ0v) is 21.0. The summed E-state index contributed by atoms with van der Waals surface area (Å²) in [4.78, 5) is 38.5. The normalized spacial score (nSPS) is 22.5. The molecule has 2 aromatic rings. The number of carbonyl (C=O) groups is 3. The lowest BCUT2D eigenvalue weighted by Crippen LogP contribution is -2.40. The van der Waals surface area contributed by atoms with E-state index in [-0.39, 0.29) is 18.6 Å². The third-order valence-electron chi connectivity index (χ3n) is 7.35. The number of phenols is 1. The van der Waals surface area contributed by atoms with Gasteiger partial charge in [0.2, 0.25) is 11.8 Å². The van der Waals surface area contributed by atoms with Crippen molar-refractivity contribution in [3.63, 3.8) is 0 Å². The van der Waals surface area contributed by atoms with Gasteiger partial charge in [-0.2, -0.15) is 4.90 Å². The second kappa shape index (κ2) is 11.7. The highest BCUT2D eigenvalue weighted by Crippen LogP contribution is 2.46. The fraction of sp³-hybridized carbons (Fsp3) is 0.345. The van der Waals surface area contributed by atoms with Gasteiger partial charge in [-0.15, -0.1) is 0 Å². The SMILES string of the molecule is COC(=O)N1C(=O)[C@@H]2[C@@H](CC(CO)=C([C@H](O)CC/C(=C/c3ccc(O)cc3)c3ccccc3)[C@@H]2CO)C1=O. The van der Waals surface area contributed by atoms with Gasteiger partial charge in [0.15, 0.2) is 0 Å². The molecule has 1 heterocycles. The van der Waals surface area contributed by atoms with Gasteiger partial charge >= 0.3 is 6.09 Å². The predicted octanol–water partition coefficient (Wildman–Crippen LogP) is 2.74. The summed E-state index contributed by atoms with van der Waals surface area (Å²) in [7, 11) is 1.07. The average Bonchev–Trinajstić information content (AvgIpc) is 3.19. The van der Waals surface area contributed by atoms with Crippen LogP contribution in [-0.4, -0.2) is 69.7 Å². The quantitative estimate of drug-likeness (QED) is 0.236. The number of carbonyl (C=O) groups excluding carboxylic acids is 3. The third kappa shape index (κ3) is 5.26. The highest BCUT2D eigenvalue weighted by Gasteiger charge is 2.57. The molecule has 200 valence electrons. The van der Waals surface area contributed by atoms with E-state index >= 15 is 0 Å². The average molecular weight is 522 g/mol. The van der Waals surface area contributed by atoms with Crippen LogP contribution in [0.5, 0.6) is 5.75 Å². The largest absolute Gasteiger partial charge is 0.508 e. The van der Waals surface area contributed by atoms with E-state index < -0.39 is 55.0 Å². The molecular weight excluding hydrogens is 490 g/mol. The first-order valence-corrected chi connectivity index (χ1v) is 12.4. The highest BCUT2D eigenvalue weighted by molar-refractivity contribution is 6.16. The Bertz CT molecular complexity index is 1250. The number of amides is 3. The predicted molar refractivity (Wildman–Crippen MR) is 138 cm³/mol. The minimum absolute atomic E-state index is 0.00296. The van der Waals surface area contributed by atoms with Gasteiger partial charge in [-0.3, -0.25) is 9.59 Å². The summed E-state index contributed by atoms with van der Waals surface area (Å²) in [6, 6.07) is 16.3. The number of fused-ring (bicyclic) bond motifs is 1. The molecule has 9 heteroatoms. The van der Waals surface area contributed by atoms with Crippen molar-refractivity contribution in [3.05, 3.63) is 76.9 Å². The molecule has 9 nitrogen and oxygen atoms in total. The van der Waals surface area contributed by atoms with Gasteiger partial charge < -0.3 is 25.2 Å². The van der Waals surface area contributed by atoms with Crippen LogP contribution in [0, 0.1) is 17.8 Å². The summed E-state index contributed by atoms with van der Waals surface area (Å²) in [5.41, 5.74) is 3.44. The van der Waals surface area contributed by atoms with E-state index in [0.29, 0.717) is 22.5 Å². The number of rotatable bonds is 8. The number of methoxy groups -OCH3 is 1. The van der Waals surface area contributed by atoms with Gasteiger partial charge in [0.25, 0.3) is 0 Å². The molecule has 2 aromatic carbocycles. The molecule has 38 heavy (non-hydrogen) atoms. The van der Waals surface area contributed by atoms with Crippen LogP contribution in [0.3, 0.4) is 0 Å². The number of hydrogen-bond donors (Lipinski definition) is 4. The van der Waals surface area contributed by atoms with Gasteiger partial charge in [-0.1, -0.05) is 48.5 Å². The minimum Gasteiger partial charge on any atom is -0.508 e. The van der Waals surface area contributed by atoms with E-state index in [9.17, 15) is 34.8 Å². The molecule has 4 N–H and O–H groups in total. The fourth-order valence-electron chi connectivity index (χ4n) is 5.55. The maximum absolute atomic E-state index is 13.1. The number of nitrogens with zero attached hydrogens (tertiary/aromatic N) is 1. The van der Waals surface area contributed by atoms with Crippen LogP contribution in [0.15, 0.2) is 65.7 Å². The summed E-state index contributed by atoms with van der Waals surface area (Å²) in [6.07, 6.45) is 0.381. The summed E-state index contributed by atoms with van der Waals surface area (Å²) < 4.78 is 4.59. The lowest BCUT2D eigenvalue weighted by atomic mass is 9.68. The summed E-state index contributed by atoms with van der Waals surface area (Å²) in [5, 5.41) is 41.3. The zero-order valence-electron chi connectivity index (χ0n) is 21.0. The monoisotopic (exact) mass is 521 g/mol. The maximum Gasteiger partial charge on any atom is 0.423 e. The Morgan fingerprint density at radius 3 is 2.37 bits per heavy atom. The Labute approximate surface area is 220 Å². The van der Waals surface area contributed by atoms with E-state index in [1.165, 1.54) is 0 Å². The van der Waals surface area contributed by atoms with E-state index in [4.69, 9.17) is 0 Å². The van der Waals surface area contributed by atoms with E-state index in [0.717, 1.165) is 23.8 Å².